The molecule has 0 amide bonds. The van der Waals surface area contributed by atoms with Gasteiger partial charge in [0.05, 0.1) is 0 Å². The number of ether oxygens (including phenoxy) is 1. The van der Waals surface area contributed by atoms with Crippen LogP contribution >= 0.6 is 0 Å². The summed E-state index contributed by atoms with van der Waals surface area (Å²) in [5, 5.41) is 13.6. The first-order valence-electron chi connectivity index (χ1n) is 8.04. The summed E-state index contributed by atoms with van der Waals surface area (Å²) >= 11 is 0. The number of hydrogen-bond donors (Lipinski definition) is 2. The molecule has 0 aromatic heterocycles. The molecule has 0 aliphatic carbocycles. The van der Waals surface area contributed by atoms with Gasteiger partial charge < -0.3 is 20.1 Å². The van der Waals surface area contributed by atoms with Crippen LogP contribution in [0.5, 0.6) is 5.75 Å². The molecule has 3 fully saturated rings. The molecule has 2 bridgehead atoms. The maximum absolute atomic E-state index is 10.1. The van der Waals surface area contributed by atoms with Gasteiger partial charge in [0.15, 0.2) is 0 Å². The fourth-order valence-electron chi connectivity index (χ4n) is 3.45. The van der Waals surface area contributed by atoms with Crippen LogP contribution < -0.4 is 10.1 Å². The summed E-state index contributed by atoms with van der Waals surface area (Å²) in [6, 6.07) is 8.46. The predicted octanol–water partition coefficient (Wildman–Crippen LogP) is 1.42. The van der Waals surface area contributed by atoms with Gasteiger partial charge in [0, 0.05) is 19.1 Å². The number of piperidine rings is 3. The van der Waals surface area contributed by atoms with Gasteiger partial charge in [0.25, 0.3) is 0 Å². The van der Waals surface area contributed by atoms with Crippen LogP contribution in [0.15, 0.2) is 24.3 Å². The first kappa shape index (κ1) is 14.8. The first-order valence-corrected chi connectivity index (χ1v) is 8.04. The van der Waals surface area contributed by atoms with Gasteiger partial charge in [-0.05, 0) is 50.4 Å². The third-order valence-electron chi connectivity index (χ3n) is 4.80. The zero-order valence-corrected chi connectivity index (χ0v) is 12.8. The zero-order valence-electron chi connectivity index (χ0n) is 12.8. The Morgan fingerprint density at radius 1 is 1.33 bits per heavy atom. The Morgan fingerprint density at radius 2 is 2.10 bits per heavy atom. The molecule has 3 aliphatic rings. The number of aliphatic hydroxyl groups is 1. The molecule has 0 radical (unpaired) electrons. The van der Waals surface area contributed by atoms with E-state index in [9.17, 15) is 5.11 Å². The van der Waals surface area contributed by atoms with Gasteiger partial charge in [-0.1, -0.05) is 18.2 Å². The van der Waals surface area contributed by atoms with E-state index in [-0.39, 0.29) is 0 Å². The second-order valence-corrected chi connectivity index (χ2v) is 6.38. The Kier molecular flexibility index (Phi) is 4.78. The standard InChI is InChI=1S/C17H26N2O2/c1-13-4-2-3-5-17(13)21-12-15(20)10-18-16-11-19-8-6-14(16)7-9-19/h2-5,14-16,18,20H,6-12H2,1H3/t15-,16+/m1/s1. The van der Waals surface area contributed by atoms with Crippen LogP contribution in [0.1, 0.15) is 18.4 Å². The lowest BCUT2D eigenvalue weighted by atomic mass is 9.84. The van der Waals surface area contributed by atoms with Crippen molar-refractivity contribution in [3.63, 3.8) is 0 Å². The van der Waals surface area contributed by atoms with Gasteiger partial charge in [-0.15, -0.1) is 0 Å². The molecule has 2 N–H and O–H groups in total. The van der Waals surface area contributed by atoms with Gasteiger partial charge in [0.2, 0.25) is 0 Å². The highest BCUT2D eigenvalue weighted by atomic mass is 16.5. The maximum atomic E-state index is 10.1. The second kappa shape index (κ2) is 6.77. The minimum atomic E-state index is -0.458. The molecule has 0 spiro atoms. The van der Waals surface area contributed by atoms with E-state index in [4.69, 9.17) is 4.74 Å². The topological polar surface area (TPSA) is 44.7 Å². The molecule has 4 nitrogen and oxygen atoms in total. The quantitative estimate of drug-likeness (QED) is 0.832. The van der Waals surface area contributed by atoms with Crippen LogP contribution in [0.25, 0.3) is 0 Å². The van der Waals surface area contributed by atoms with Crippen molar-refractivity contribution in [2.24, 2.45) is 5.92 Å². The lowest BCUT2D eigenvalue weighted by molar-refractivity contribution is 0.0550. The summed E-state index contributed by atoms with van der Waals surface area (Å²) < 4.78 is 5.70. The summed E-state index contributed by atoms with van der Waals surface area (Å²) in [7, 11) is 0. The van der Waals surface area contributed by atoms with E-state index in [1.54, 1.807) is 0 Å². The minimum Gasteiger partial charge on any atom is -0.491 e. The van der Waals surface area contributed by atoms with Crippen molar-refractivity contribution in [2.75, 3.05) is 32.8 Å². The number of aryl methyl sites for hydroxylation is 1. The van der Waals surface area contributed by atoms with Crippen LogP contribution in [-0.2, 0) is 0 Å². The molecule has 3 saturated heterocycles. The Bertz CT molecular complexity index is 458. The number of aliphatic hydroxyl groups excluding tert-OH is 1. The minimum absolute atomic E-state index is 0.346. The molecule has 2 atom stereocenters. The maximum Gasteiger partial charge on any atom is 0.122 e. The zero-order chi connectivity index (χ0) is 14.7. The predicted molar refractivity (Wildman–Crippen MR) is 83.6 cm³/mol. The van der Waals surface area contributed by atoms with Crippen molar-refractivity contribution in [3.05, 3.63) is 29.8 Å². The van der Waals surface area contributed by atoms with Crippen molar-refractivity contribution in [1.29, 1.82) is 0 Å². The SMILES string of the molecule is Cc1ccccc1OC[C@H](O)CN[C@H]1CN2CCC1CC2. The molecular weight excluding hydrogens is 264 g/mol. The number of nitrogens with zero attached hydrogens (tertiary/aromatic N) is 1. The second-order valence-electron chi connectivity index (χ2n) is 6.38. The monoisotopic (exact) mass is 290 g/mol. The molecule has 0 unspecified atom stereocenters. The Morgan fingerprint density at radius 3 is 2.76 bits per heavy atom. The third kappa shape index (κ3) is 3.76. The number of nitrogens with one attached hydrogen (secondary N) is 1. The highest BCUT2D eigenvalue weighted by Gasteiger charge is 2.33. The summed E-state index contributed by atoms with van der Waals surface area (Å²) in [6.07, 6.45) is 2.14. The van der Waals surface area contributed by atoms with E-state index >= 15 is 0 Å². The molecule has 4 heteroatoms. The van der Waals surface area contributed by atoms with Gasteiger partial charge >= 0.3 is 0 Å². The molecule has 0 saturated carbocycles. The number of rotatable bonds is 6. The molecule has 21 heavy (non-hydrogen) atoms. The van der Waals surface area contributed by atoms with Crippen molar-refractivity contribution in [1.82, 2.24) is 10.2 Å². The van der Waals surface area contributed by atoms with Crippen LogP contribution in [-0.4, -0.2) is 54.9 Å². The average molecular weight is 290 g/mol. The van der Waals surface area contributed by atoms with Gasteiger partial charge in [0.1, 0.15) is 18.5 Å². The van der Waals surface area contributed by atoms with Crippen molar-refractivity contribution < 1.29 is 9.84 Å². The van der Waals surface area contributed by atoms with Gasteiger partial charge in [-0.2, -0.15) is 0 Å². The molecule has 4 rings (SSSR count). The Labute approximate surface area is 127 Å². The van der Waals surface area contributed by atoms with Crippen LogP contribution in [0.3, 0.4) is 0 Å². The lowest BCUT2D eigenvalue weighted by Crippen LogP contribution is -2.57. The van der Waals surface area contributed by atoms with Crippen LogP contribution in [0.4, 0.5) is 0 Å². The number of para-hydroxylation sites is 1. The first-order chi connectivity index (χ1) is 10.2. The summed E-state index contributed by atoms with van der Waals surface area (Å²) in [5.74, 6) is 1.65. The highest BCUT2D eigenvalue weighted by Crippen LogP contribution is 2.27. The largest absolute Gasteiger partial charge is 0.491 e. The van der Waals surface area contributed by atoms with E-state index in [1.165, 1.54) is 25.9 Å². The smallest absolute Gasteiger partial charge is 0.122 e. The summed E-state index contributed by atoms with van der Waals surface area (Å²) in [4.78, 5) is 2.52. The van der Waals surface area contributed by atoms with E-state index in [0.717, 1.165) is 23.8 Å². The summed E-state index contributed by atoms with van der Waals surface area (Å²) in [5.41, 5.74) is 1.11. The summed E-state index contributed by atoms with van der Waals surface area (Å²) in [6.45, 7) is 6.62. The van der Waals surface area contributed by atoms with Crippen molar-refractivity contribution >= 4 is 0 Å². The van der Waals surface area contributed by atoms with E-state index in [0.29, 0.717) is 19.2 Å². The van der Waals surface area contributed by atoms with Gasteiger partial charge in [-0.25, -0.2) is 0 Å². The van der Waals surface area contributed by atoms with Crippen molar-refractivity contribution in [3.8, 4) is 5.75 Å². The fourth-order valence-corrected chi connectivity index (χ4v) is 3.45. The highest BCUT2D eigenvalue weighted by molar-refractivity contribution is 5.31. The molecular formula is C17H26N2O2. The Balaban J connectivity index is 1.40. The average Bonchev–Trinajstić information content (AvgIpc) is 2.53. The molecule has 116 valence electrons. The van der Waals surface area contributed by atoms with E-state index in [2.05, 4.69) is 10.2 Å². The number of fused-ring (bicyclic) bond motifs is 3. The van der Waals surface area contributed by atoms with Gasteiger partial charge in [-0.3, -0.25) is 0 Å². The number of benzene rings is 1. The number of hydrogen-bond acceptors (Lipinski definition) is 4. The Hall–Kier alpha value is -1.10. The normalized spacial score (nSPS) is 29.3. The third-order valence-corrected chi connectivity index (χ3v) is 4.80. The van der Waals surface area contributed by atoms with E-state index < -0.39 is 6.10 Å². The lowest BCUT2D eigenvalue weighted by Gasteiger charge is -2.45. The van der Waals surface area contributed by atoms with E-state index in [1.807, 2.05) is 31.2 Å². The fraction of sp³-hybridized carbons (Fsp3) is 0.647. The van der Waals surface area contributed by atoms with Crippen LogP contribution in [0, 0.1) is 12.8 Å². The molecule has 1 aromatic carbocycles. The molecule has 3 heterocycles. The van der Waals surface area contributed by atoms with Crippen molar-refractivity contribution in [2.45, 2.75) is 31.9 Å². The van der Waals surface area contributed by atoms with Crippen LogP contribution in [0.2, 0.25) is 0 Å². The molecule has 3 aliphatic heterocycles. The molecule has 1 aromatic rings.